The van der Waals surface area contributed by atoms with Crippen LogP contribution in [-0.2, 0) is 7.05 Å². The molecule has 0 atom stereocenters. The number of aromatic nitrogens is 4. The number of benzene rings is 1. The van der Waals surface area contributed by atoms with Crippen LogP contribution >= 0.6 is 15.9 Å². The van der Waals surface area contributed by atoms with Gasteiger partial charge in [0, 0.05) is 12.7 Å². The number of para-hydroxylation sites is 1. The van der Waals surface area contributed by atoms with Crippen LogP contribution in [0.25, 0.3) is 16.9 Å². The van der Waals surface area contributed by atoms with E-state index in [0.29, 0.717) is 15.9 Å². The fourth-order valence-corrected chi connectivity index (χ4v) is 2.52. The topological polar surface area (TPSA) is 72.7 Å². The largest absolute Gasteiger partial charge is 0.329 e. The average Bonchev–Trinajstić information content (AvgIpc) is 2.75. The zero-order chi connectivity index (χ0) is 13.6. The molecule has 0 aliphatic carbocycles. The molecular formula is C12H9BrN4O2. The molecule has 2 aromatic heterocycles. The highest BCUT2D eigenvalue weighted by molar-refractivity contribution is 9.10. The van der Waals surface area contributed by atoms with E-state index in [9.17, 15) is 9.59 Å². The summed E-state index contributed by atoms with van der Waals surface area (Å²) in [5.74, 6) is 0. The number of H-pyrrole nitrogens is 1. The fourth-order valence-electron chi connectivity index (χ4n) is 1.97. The van der Waals surface area contributed by atoms with Crippen LogP contribution in [0.15, 0.2) is 44.7 Å². The van der Waals surface area contributed by atoms with Crippen molar-refractivity contribution in [3.8, 4) is 5.69 Å². The normalized spacial score (nSPS) is 11.1. The van der Waals surface area contributed by atoms with Gasteiger partial charge in [0.05, 0.1) is 0 Å². The molecule has 6 nitrogen and oxygen atoms in total. The number of fused-ring (bicyclic) bond motifs is 1. The molecule has 0 bridgehead atoms. The lowest BCUT2D eigenvalue weighted by Gasteiger charge is -2.04. The number of halogens is 1. The highest BCUT2D eigenvalue weighted by Crippen LogP contribution is 2.21. The predicted octanol–water partition coefficient (Wildman–Crippen LogP) is 1.17. The molecule has 0 radical (unpaired) electrons. The van der Waals surface area contributed by atoms with Gasteiger partial charge in [-0.2, -0.15) is 0 Å². The maximum atomic E-state index is 12.0. The third-order valence-corrected chi connectivity index (χ3v) is 3.42. The standard InChI is InChI=1S/C12H9BrN4O2/c1-16-9-8(10(18)15-12(16)19)17(11(13)14-9)7-5-3-2-4-6-7/h2-6H,1H3,(H,15,18,19). The molecule has 2 heterocycles. The van der Waals surface area contributed by atoms with Gasteiger partial charge in [-0.1, -0.05) is 18.2 Å². The fraction of sp³-hybridized carbons (Fsp3) is 0.0833. The number of hydrogen-bond donors (Lipinski definition) is 1. The Kier molecular flexibility index (Phi) is 2.63. The van der Waals surface area contributed by atoms with Gasteiger partial charge < -0.3 is 0 Å². The molecule has 0 saturated carbocycles. The van der Waals surface area contributed by atoms with Crippen LogP contribution in [0.2, 0.25) is 0 Å². The van der Waals surface area contributed by atoms with E-state index in [1.165, 1.54) is 4.57 Å². The summed E-state index contributed by atoms with van der Waals surface area (Å²) in [4.78, 5) is 30.1. The lowest BCUT2D eigenvalue weighted by atomic mass is 10.3. The van der Waals surface area contributed by atoms with E-state index >= 15 is 0 Å². The first kappa shape index (κ1) is 11.9. The summed E-state index contributed by atoms with van der Waals surface area (Å²) in [7, 11) is 1.56. The number of aromatic amines is 1. The lowest BCUT2D eigenvalue weighted by Crippen LogP contribution is -2.29. The van der Waals surface area contributed by atoms with Crippen LogP contribution in [0.3, 0.4) is 0 Å². The first-order valence-corrected chi connectivity index (χ1v) is 6.31. The zero-order valence-corrected chi connectivity index (χ0v) is 11.5. The van der Waals surface area contributed by atoms with Gasteiger partial charge in [-0.15, -0.1) is 0 Å². The van der Waals surface area contributed by atoms with Gasteiger partial charge in [0.25, 0.3) is 5.56 Å². The molecule has 96 valence electrons. The third-order valence-electron chi connectivity index (χ3n) is 2.89. The van der Waals surface area contributed by atoms with Crippen molar-refractivity contribution in [2.75, 3.05) is 0 Å². The minimum absolute atomic E-state index is 0.333. The molecule has 0 unspecified atom stereocenters. The number of nitrogens with zero attached hydrogens (tertiary/aromatic N) is 3. The van der Waals surface area contributed by atoms with E-state index < -0.39 is 11.2 Å². The second-order valence-corrected chi connectivity index (χ2v) is 4.75. The predicted molar refractivity (Wildman–Crippen MR) is 74.6 cm³/mol. The van der Waals surface area contributed by atoms with E-state index in [-0.39, 0.29) is 0 Å². The minimum atomic E-state index is -0.484. The Morgan fingerprint density at radius 2 is 1.89 bits per heavy atom. The maximum absolute atomic E-state index is 12.0. The average molecular weight is 321 g/mol. The van der Waals surface area contributed by atoms with Crippen molar-refractivity contribution in [1.82, 2.24) is 19.1 Å². The van der Waals surface area contributed by atoms with E-state index in [1.807, 2.05) is 30.3 Å². The SMILES string of the molecule is Cn1c(=O)[nH]c(=O)c2c1nc(Br)n2-c1ccccc1. The summed E-state index contributed by atoms with van der Waals surface area (Å²) >= 11 is 3.32. The van der Waals surface area contributed by atoms with Gasteiger partial charge in [0.2, 0.25) is 0 Å². The quantitative estimate of drug-likeness (QED) is 0.684. The smallest absolute Gasteiger partial charge is 0.281 e. The number of aryl methyl sites for hydroxylation is 1. The molecule has 0 amide bonds. The van der Waals surface area contributed by atoms with Crippen molar-refractivity contribution in [1.29, 1.82) is 0 Å². The lowest BCUT2D eigenvalue weighted by molar-refractivity contribution is 0.831. The zero-order valence-electron chi connectivity index (χ0n) is 9.92. The molecule has 0 aliphatic heterocycles. The van der Waals surface area contributed by atoms with Crippen molar-refractivity contribution >= 4 is 27.1 Å². The Morgan fingerprint density at radius 3 is 2.58 bits per heavy atom. The summed E-state index contributed by atoms with van der Waals surface area (Å²) in [6.07, 6.45) is 0. The molecule has 0 aliphatic rings. The molecule has 3 rings (SSSR count). The first-order chi connectivity index (χ1) is 9.09. The Hall–Kier alpha value is -2.15. The van der Waals surface area contributed by atoms with E-state index in [0.717, 1.165) is 5.69 Å². The second-order valence-electron chi connectivity index (χ2n) is 4.04. The van der Waals surface area contributed by atoms with E-state index in [2.05, 4.69) is 25.9 Å². The van der Waals surface area contributed by atoms with Crippen LogP contribution in [0.5, 0.6) is 0 Å². The molecule has 0 spiro atoms. The molecule has 0 fully saturated rings. The van der Waals surface area contributed by atoms with Crippen molar-refractivity contribution in [2.45, 2.75) is 0 Å². The number of imidazole rings is 1. The van der Waals surface area contributed by atoms with Gasteiger partial charge in [0.15, 0.2) is 15.9 Å². The highest BCUT2D eigenvalue weighted by atomic mass is 79.9. The molecule has 1 aromatic carbocycles. The van der Waals surface area contributed by atoms with Crippen molar-refractivity contribution in [3.63, 3.8) is 0 Å². The third kappa shape index (κ3) is 1.74. The molecule has 1 N–H and O–H groups in total. The van der Waals surface area contributed by atoms with E-state index in [4.69, 9.17) is 0 Å². The summed E-state index contributed by atoms with van der Waals surface area (Å²) in [5.41, 5.74) is 0.522. The Morgan fingerprint density at radius 1 is 1.21 bits per heavy atom. The van der Waals surface area contributed by atoms with Crippen LogP contribution in [0.1, 0.15) is 0 Å². The molecule has 0 saturated heterocycles. The van der Waals surface area contributed by atoms with E-state index in [1.54, 1.807) is 11.6 Å². The summed E-state index contributed by atoms with van der Waals surface area (Å²) in [5, 5.41) is 0. The van der Waals surface area contributed by atoms with Crippen molar-refractivity contribution in [2.24, 2.45) is 7.05 Å². The highest BCUT2D eigenvalue weighted by Gasteiger charge is 2.16. The van der Waals surface area contributed by atoms with Crippen LogP contribution < -0.4 is 11.2 Å². The first-order valence-electron chi connectivity index (χ1n) is 5.52. The van der Waals surface area contributed by atoms with Gasteiger partial charge in [0.1, 0.15) is 0 Å². The molecule has 3 aromatic rings. The van der Waals surface area contributed by atoms with Gasteiger partial charge >= 0.3 is 5.69 Å². The number of hydrogen-bond acceptors (Lipinski definition) is 3. The molecule has 7 heteroatoms. The maximum Gasteiger partial charge on any atom is 0.329 e. The van der Waals surface area contributed by atoms with Crippen LogP contribution in [0, 0.1) is 0 Å². The molecule has 19 heavy (non-hydrogen) atoms. The van der Waals surface area contributed by atoms with Crippen molar-refractivity contribution in [3.05, 3.63) is 55.9 Å². The second kappa shape index (κ2) is 4.20. The van der Waals surface area contributed by atoms with Gasteiger partial charge in [-0.05, 0) is 28.1 Å². The Bertz CT molecular complexity index is 876. The van der Waals surface area contributed by atoms with Crippen molar-refractivity contribution < 1.29 is 0 Å². The number of rotatable bonds is 1. The Labute approximate surface area is 115 Å². The number of nitrogens with one attached hydrogen (secondary N) is 1. The summed E-state index contributed by atoms with van der Waals surface area (Å²) in [6.45, 7) is 0. The Balaban J connectivity index is 2.52. The monoisotopic (exact) mass is 320 g/mol. The summed E-state index contributed by atoms with van der Waals surface area (Å²) in [6, 6.07) is 9.33. The summed E-state index contributed by atoms with van der Waals surface area (Å²) < 4.78 is 3.44. The van der Waals surface area contributed by atoms with Crippen LogP contribution in [-0.4, -0.2) is 19.1 Å². The molecular weight excluding hydrogens is 312 g/mol. The van der Waals surface area contributed by atoms with Crippen LogP contribution in [0.4, 0.5) is 0 Å². The van der Waals surface area contributed by atoms with Gasteiger partial charge in [-0.3, -0.25) is 18.9 Å². The van der Waals surface area contributed by atoms with Gasteiger partial charge in [-0.25, -0.2) is 9.78 Å². The minimum Gasteiger partial charge on any atom is -0.281 e.